The molecule has 0 saturated heterocycles. The van der Waals surface area contributed by atoms with Crippen LogP contribution in [0.25, 0.3) is 0 Å². The molecule has 6 heteroatoms. The second kappa shape index (κ2) is 4.55. The van der Waals surface area contributed by atoms with Gasteiger partial charge >= 0.3 is 0 Å². The molecular formula is C6H5O4SZn-. The van der Waals surface area contributed by atoms with Gasteiger partial charge in [0.05, 0.1) is 0 Å². The molecule has 0 spiro atoms. The fourth-order valence-corrected chi connectivity index (χ4v) is 0.941. The van der Waals surface area contributed by atoms with E-state index in [9.17, 15) is 13.0 Å². The fraction of sp³-hybridized carbons (Fsp3) is 0. The summed E-state index contributed by atoms with van der Waals surface area (Å²) >= 11 is 0. The summed E-state index contributed by atoms with van der Waals surface area (Å²) in [6, 6.07) is 7.59. The Morgan fingerprint density at radius 2 is 1.67 bits per heavy atom. The van der Waals surface area contributed by atoms with Gasteiger partial charge in [-0.25, -0.2) is 8.42 Å². The standard InChI is InChI=1S/C6H6O4S.Zn/c7-11(8,9)10-6-4-2-1-3-5-6;/h1-5H,(H,7,8,9);/p-1. The Kier molecular flexibility index (Phi) is 4.38. The summed E-state index contributed by atoms with van der Waals surface area (Å²) in [7, 11) is -4.63. The van der Waals surface area contributed by atoms with E-state index in [0.29, 0.717) is 0 Å². The maximum atomic E-state index is 10.0. The second-order valence-electron chi connectivity index (χ2n) is 1.80. The molecule has 62 valence electrons. The summed E-state index contributed by atoms with van der Waals surface area (Å²) < 4.78 is 34.1. The Balaban J connectivity index is 0.00000121. The predicted molar refractivity (Wildman–Crippen MR) is 36.8 cm³/mol. The van der Waals surface area contributed by atoms with Crippen LogP contribution >= 0.6 is 0 Å². The largest absolute Gasteiger partial charge is 0.716 e. The smallest absolute Gasteiger partial charge is 0.262 e. The molecule has 0 atom stereocenters. The van der Waals surface area contributed by atoms with Crippen LogP contribution in [0.4, 0.5) is 0 Å². The third-order valence-corrected chi connectivity index (χ3v) is 1.34. The van der Waals surface area contributed by atoms with E-state index in [0.717, 1.165) is 0 Å². The molecule has 1 aromatic rings. The Hall–Kier alpha value is -0.447. The van der Waals surface area contributed by atoms with Crippen molar-refractivity contribution >= 4 is 10.4 Å². The molecule has 1 aromatic carbocycles. The van der Waals surface area contributed by atoms with Gasteiger partial charge in [-0.3, -0.25) is 0 Å². The van der Waals surface area contributed by atoms with Crippen LogP contribution in [-0.4, -0.2) is 13.0 Å². The van der Waals surface area contributed by atoms with Crippen molar-refractivity contribution in [3.05, 3.63) is 30.3 Å². The number of para-hydroxylation sites is 1. The third-order valence-electron chi connectivity index (χ3n) is 0.941. The molecule has 0 aromatic heterocycles. The maximum absolute atomic E-state index is 10.0. The molecule has 0 heterocycles. The summed E-state index contributed by atoms with van der Waals surface area (Å²) in [4.78, 5) is 0. The quantitative estimate of drug-likeness (QED) is 0.428. The van der Waals surface area contributed by atoms with E-state index in [2.05, 4.69) is 4.18 Å². The summed E-state index contributed by atoms with van der Waals surface area (Å²) in [5, 5.41) is 0. The third kappa shape index (κ3) is 4.44. The first-order valence-corrected chi connectivity index (χ1v) is 4.11. The molecule has 0 aliphatic rings. The van der Waals surface area contributed by atoms with E-state index < -0.39 is 10.4 Å². The molecule has 0 saturated carbocycles. The van der Waals surface area contributed by atoms with Crippen molar-refractivity contribution in [2.75, 3.05) is 0 Å². The van der Waals surface area contributed by atoms with Crippen LogP contribution < -0.4 is 4.18 Å². The van der Waals surface area contributed by atoms with Crippen molar-refractivity contribution in [1.29, 1.82) is 0 Å². The molecule has 0 fully saturated rings. The van der Waals surface area contributed by atoms with E-state index in [1.165, 1.54) is 12.1 Å². The predicted octanol–water partition coefficient (Wildman–Crippen LogP) is 0.523. The van der Waals surface area contributed by atoms with Crippen molar-refractivity contribution in [2.45, 2.75) is 0 Å². The zero-order chi connectivity index (χ0) is 8.32. The monoisotopic (exact) mass is 237 g/mol. The zero-order valence-electron chi connectivity index (χ0n) is 6.14. The number of benzene rings is 1. The molecule has 1 rings (SSSR count). The molecule has 0 amide bonds. The molecule has 0 radical (unpaired) electrons. The van der Waals surface area contributed by atoms with Crippen molar-refractivity contribution in [3.8, 4) is 5.75 Å². The number of rotatable bonds is 2. The molecule has 0 aliphatic heterocycles. The average molecular weight is 239 g/mol. The maximum Gasteiger partial charge on any atom is 0.262 e. The van der Waals surface area contributed by atoms with Gasteiger partial charge in [-0.2, -0.15) is 0 Å². The second-order valence-corrected chi connectivity index (χ2v) is 2.79. The minimum absolute atomic E-state index is 0. The summed E-state index contributed by atoms with van der Waals surface area (Å²) in [5.74, 6) is 0.0301. The van der Waals surface area contributed by atoms with Crippen LogP contribution in [0.3, 0.4) is 0 Å². The van der Waals surface area contributed by atoms with Crippen LogP contribution in [0.1, 0.15) is 0 Å². The minimum Gasteiger partial charge on any atom is -0.716 e. The van der Waals surface area contributed by atoms with Gasteiger partial charge in [-0.1, -0.05) is 18.2 Å². The van der Waals surface area contributed by atoms with Crippen LogP contribution in [0.5, 0.6) is 5.75 Å². The Bertz CT molecular complexity index is 321. The summed E-state index contributed by atoms with van der Waals surface area (Å²) in [6.45, 7) is 0. The van der Waals surface area contributed by atoms with Crippen molar-refractivity contribution in [2.24, 2.45) is 0 Å². The minimum atomic E-state index is -4.63. The van der Waals surface area contributed by atoms with Gasteiger partial charge in [0.1, 0.15) is 5.75 Å². The molecule has 4 nitrogen and oxygen atoms in total. The fourth-order valence-electron chi connectivity index (χ4n) is 0.594. The van der Waals surface area contributed by atoms with Crippen molar-refractivity contribution in [3.63, 3.8) is 0 Å². The first-order valence-electron chi connectivity index (χ1n) is 2.78. The topological polar surface area (TPSA) is 66.4 Å². The molecule has 0 N–H and O–H groups in total. The van der Waals surface area contributed by atoms with E-state index in [-0.39, 0.29) is 25.2 Å². The van der Waals surface area contributed by atoms with Crippen molar-refractivity contribution in [1.82, 2.24) is 0 Å². The normalized spacial score (nSPS) is 10.1. The first-order chi connectivity index (χ1) is 5.08. The summed E-state index contributed by atoms with van der Waals surface area (Å²) in [5.41, 5.74) is 0. The number of hydrogen-bond donors (Lipinski definition) is 0. The zero-order valence-corrected chi connectivity index (χ0v) is 9.92. The molecule has 0 bridgehead atoms. The molecule has 0 aliphatic carbocycles. The van der Waals surface area contributed by atoms with Gasteiger partial charge in [0.25, 0.3) is 10.4 Å². The Morgan fingerprint density at radius 3 is 2.08 bits per heavy atom. The Labute approximate surface area is 83.3 Å². The summed E-state index contributed by atoms with van der Waals surface area (Å²) in [6.07, 6.45) is 0. The van der Waals surface area contributed by atoms with Gasteiger partial charge in [0.2, 0.25) is 0 Å². The van der Waals surface area contributed by atoms with E-state index in [1.807, 2.05) is 0 Å². The first kappa shape index (κ1) is 11.6. The van der Waals surface area contributed by atoms with Crippen LogP contribution in [0.15, 0.2) is 30.3 Å². The van der Waals surface area contributed by atoms with Crippen LogP contribution in [0, 0.1) is 0 Å². The average Bonchev–Trinajstić information content (AvgIpc) is 1.85. The van der Waals surface area contributed by atoms with E-state index >= 15 is 0 Å². The SMILES string of the molecule is O=S(=O)([O-])Oc1ccccc1.[Zn]. The van der Waals surface area contributed by atoms with Crippen molar-refractivity contribution < 1.29 is 36.6 Å². The molecular weight excluding hydrogens is 234 g/mol. The van der Waals surface area contributed by atoms with Gasteiger partial charge in [0.15, 0.2) is 0 Å². The van der Waals surface area contributed by atoms with Gasteiger partial charge < -0.3 is 8.74 Å². The Morgan fingerprint density at radius 1 is 1.17 bits per heavy atom. The molecule has 0 unspecified atom stereocenters. The van der Waals surface area contributed by atoms with Gasteiger partial charge in [-0.15, -0.1) is 0 Å². The van der Waals surface area contributed by atoms with E-state index in [1.54, 1.807) is 18.2 Å². The van der Waals surface area contributed by atoms with Gasteiger partial charge in [-0.05, 0) is 12.1 Å². The van der Waals surface area contributed by atoms with Crippen LogP contribution in [-0.2, 0) is 29.9 Å². The van der Waals surface area contributed by atoms with Gasteiger partial charge in [0, 0.05) is 19.5 Å². The molecule has 12 heavy (non-hydrogen) atoms. The van der Waals surface area contributed by atoms with E-state index in [4.69, 9.17) is 0 Å². The number of hydrogen-bond acceptors (Lipinski definition) is 4. The van der Waals surface area contributed by atoms with Crippen LogP contribution in [0.2, 0.25) is 0 Å².